The zero-order chi connectivity index (χ0) is 27.4. The van der Waals surface area contributed by atoms with Crippen molar-refractivity contribution >= 4 is 23.2 Å². The molecule has 0 spiro atoms. The summed E-state index contributed by atoms with van der Waals surface area (Å²) in [6.45, 7) is 6.10. The lowest BCUT2D eigenvalue weighted by atomic mass is 10.00. The molecule has 2 aliphatic heterocycles. The van der Waals surface area contributed by atoms with E-state index in [1.807, 2.05) is 17.0 Å². The van der Waals surface area contributed by atoms with Crippen LogP contribution < -0.4 is 4.74 Å². The summed E-state index contributed by atoms with van der Waals surface area (Å²) < 4.78 is 25.5. The number of benzene rings is 2. The molecule has 1 saturated heterocycles. The van der Waals surface area contributed by atoms with Gasteiger partial charge in [-0.25, -0.2) is 4.39 Å². The van der Waals surface area contributed by atoms with Gasteiger partial charge in [0.2, 0.25) is 5.91 Å². The smallest absolute Gasteiger partial charge is 0.254 e. The van der Waals surface area contributed by atoms with Crippen molar-refractivity contribution in [1.82, 2.24) is 9.80 Å². The maximum absolute atomic E-state index is 13.8. The molecule has 0 radical (unpaired) electrons. The number of fused-ring (bicyclic) bond motifs is 1. The van der Waals surface area contributed by atoms with E-state index in [0.717, 1.165) is 30.6 Å². The van der Waals surface area contributed by atoms with Crippen LogP contribution in [0.3, 0.4) is 0 Å². The van der Waals surface area contributed by atoms with Crippen LogP contribution in [0.5, 0.6) is 5.75 Å². The summed E-state index contributed by atoms with van der Waals surface area (Å²) in [5, 5.41) is 2.06. The Labute approximate surface area is 233 Å². The second-order valence-corrected chi connectivity index (χ2v) is 11.5. The van der Waals surface area contributed by atoms with Crippen molar-refractivity contribution in [3.8, 4) is 5.75 Å². The first-order valence-electron chi connectivity index (χ1n) is 13.6. The van der Waals surface area contributed by atoms with E-state index in [9.17, 15) is 14.0 Å². The molecule has 206 valence electrons. The highest BCUT2D eigenvalue weighted by molar-refractivity contribution is 7.10. The molecule has 8 heteroatoms. The highest BCUT2D eigenvalue weighted by Crippen LogP contribution is 2.34. The van der Waals surface area contributed by atoms with Crippen LogP contribution in [0.1, 0.15) is 65.0 Å². The van der Waals surface area contributed by atoms with E-state index in [0.29, 0.717) is 37.8 Å². The van der Waals surface area contributed by atoms with Crippen LogP contribution in [-0.2, 0) is 16.0 Å². The van der Waals surface area contributed by atoms with Crippen LogP contribution in [0.2, 0.25) is 0 Å². The Hall–Kier alpha value is -3.23. The van der Waals surface area contributed by atoms with Crippen LogP contribution in [0.25, 0.3) is 0 Å². The number of hydrogen-bond acceptors (Lipinski definition) is 5. The van der Waals surface area contributed by atoms with E-state index in [-0.39, 0.29) is 30.5 Å². The summed E-state index contributed by atoms with van der Waals surface area (Å²) in [6, 6.07) is 15.4. The number of rotatable bonds is 9. The average Bonchev–Trinajstić information content (AvgIpc) is 3.64. The lowest BCUT2D eigenvalue weighted by Gasteiger charge is -2.37. The monoisotopic (exact) mass is 550 g/mol. The van der Waals surface area contributed by atoms with Crippen molar-refractivity contribution in [2.24, 2.45) is 0 Å². The minimum absolute atomic E-state index is 0.0743. The topological polar surface area (TPSA) is 59.1 Å². The van der Waals surface area contributed by atoms with Gasteiger partial charge < -0.3 is 19.3 Å². The number of amides is 2. The molecule has 0 aliphatic carbocycles. The molecule has 1 aromatic heterocycles. The Kier molecular flexibility index (Phi) is 8.63. The third-order valence-electron chi connectivity index (χ3n) is 7.52. The number of halogens is 1. The molecule has 3 heterocycles. The third kappa shape index (κ3) is 6.50. The number of hydrogen-bond donors (Lipinski definition) is 0. The quantitative estimate of drug-likeness (QED) is 0.336. The first kappa shape index (κ1) is 27.3. The van der Waals surface area contributed by atoms with E-state index >= 15 is 0 Å². The molecule has 2 aliphatic rings. The van der Waals surface area contributed by atoms with E-state index in [1.165, 1.54) is 34.7 Å². The maximum atomic E-state index is 13.8. The van der Waals surface area contributed by atoms with E-state index in [1.54, 1.807) is 16.2 Å². The van der Waals surface area contributed by atoms with Gasteiger partial charge in [0.25, 0.3) is 5.91 Å². The molecular formula is C31H35FN2O4S. The van der Waals surface area contributed by atoms with Gasteiger partial charge >= 0.3 is 0 Å². The van der Waals surface area contributed by atoms with Gasteiger partial charge in [0, 0.05) is 30.1 Å². The van der Waals surface area contributed by atoms with Gasteiger partial charge in [-0.3, -0.25) is 9.59 Å². The summed E-state index contributed by atoms with van der Waals surface area (Å²) >= 11 is 1.70. The highest BCUT2D eigenvalue weighted by atomic mass is 32.1. The zero-order valence-corrected chi connectivity index (χ0v) is 23.3. The number of thiophene rings is 1. The number of carbonyl (C=O) groups excluding carboxylic acids is 2. The average molecular weight is 551 g/mol. The Morgan fingerprint density at radius 1 is 1.13 bits per heavy atom. The summed E-state index contributed by atoms with van der Waals surface area (Å²) in [5.74, 6) is 0.360. The zero-order valence-electron chi connectivity index (χ0n) is 22.5. The van der Waals surface area contributed by atoms with Gasteiger partial charge in [-0.2, -0.15) is 0 Å². The molecule has 0 saturated carbocycles. The first-order chi connectivity index (χ1) is 18.9. The minimum atomic E-state index is -0.408. The molecule has 5 rings (SSSR count). The highest BCUT2D eigenvalue weighted by Gasteiger charge is 2.34. The summed E-state index contributed by atoms with van der Waals surface area (Å²) in [5.41, 5.74) is 2.70. The molecule has 0 unspecified atom stereocenters. The van der Waals surface area contributed by atoms with Crippen molar-refractivity contribution in [3.05, 3.63) is 87.4 Å². The van der Waals surface area contributed by atoms with Gasteiger partial charge in [0.15, 0.2) is 0 Å². The van der Waals surface area contributed by atoms with Gasteiger partial charge in [-0.1, -0.05) is 26.0 Å². The molecule has 3 aromatic rings. The first-order valence-corrected chi connectivity index (χ1v) is 14.5. The predicted molar refractivity (Wildman–Crippen MR) is 150 cm³/mol. The van der Waals surface area contributed by atoms with Crippen LogP contribution in [0.15, 0.2) is 60.0 Å². The molecule has 1 fully saturated rings. The van der Waals surface area contributed by atoms with Crippen LogP contribution in [0.4, 0.5) is 4.39 Å². The lowest BCUT2D eigenvalue weighted by Crippen LogP contribution is -2.49. The molecule has 0 N–H and O–H groups in total. The van der Waals surface area contributed by atoms with Gasteiger partial charge in [-0.15, -0.1) is 11.3 Å². The minimum Gasteiger partial charge on any atom is -0.491 e. The van der Waals surface area contributed by atoms with Crippen molar-refractivity contribution in [3.63, 3.8) is 0 Å². The molecule has 2 atom stereocenters. The SMILES string of the molecule is CC(C)c1ccc(OC[C@H]2c3ccsc3CCN2C(=O)CN(C[C@@H]2CCCO2)C(=O)c2ccc(F)cc2)cc1. The van der Waals surface area contributed by atoms with Crippen molar-refractivity contribution < 1.29 is 23.5 Å². The predicted octanol–water partition coefficient (Wildman–Crippen LogP) is 5.84. The number of ether oxygens (including phenoxy) is 2. The Morgan fingerprint density at radius 3 is 2.59 bits per heavy atom. The second-order valence-electron chi connectivity index (χ2n) is 10.5. The summed E-state index contributed by atoms with van der Waals surface area (Å²) in [4.78, 5) is 31.9. The fraction of sp³-hybridized carbons (Fsp3) is 0.419. The van der Waals surface area contributed by atoms with Crippen molar-refractivity contribution in [2.45, 2.75) is 51.2 Å². The van der Waals surface area contributed by atoms with Crippen LogP contribution in [-0.4, -0.2) is 60.6 Å². The number of nitrogens with zero attached hydrogens (tertiary/aromatic N) is 2. The van der Waals surface area contributed by atoms with Crippen LogP contribution >= 0.6 is 11.3 Å². The lowest BCUT2D eigenvalue weighted by molar-refractivity contribution is -0.135. The van der Waals surface area contributed by atoms with E-state index in [2.05, 4.69) is 37.4 Å². The molecular weight excluding hydrogens is 515 g/mol. The van der Waals surface area contributed by atoms with Gasteiger partial charge in [0.1, 0.15) is 24.7 Å². The molecule has 2 amide bonds. The van der Waals surface area contributed by atoms with Crippen molar-refractivity contribution in [1.29, 1.82) is 0 Å². The Bertz CT molecular complexity index is 1270. The molecule has 0 bridgehead atoms. The second kappa shape index (κ2) is 12.3. The standard InChI is InChI=1S/C31H35FN2O4S/c1-21(2)22-7-11-25(12-8-22)38-20-28-27-14-17-39-29(27)13-15-34(28)30(35)19-33(18-26-4-3-16-37-26)31(36)23-5-9-24(32)10-6-23/h5-12,14,17,21,26,28H,3-4,13,15-16,18-20H2,1-2H3/t26-,28-/m0/s1. The molecule has 39 heavy (non-hydrogen) atoms. The number of carbonyl (C=O) groups is 2. The van der Waals surface area contributed by atoms with E-state index < -0.39 is 5.82 Å². The fourth-order valence-electron chi connectivity index (χ4n) is 5.28. The summed E-state index contributed by atoms with van der Waals surface area (Å²) in [7, 11) is 0. The van der Waals surface area contributed by atoms with E-state index in [4.69, 9.17) is 9.47 Å². The largest absolute Gasteiger partial charge is 0.491 e. The van der Waals surface area contributed by atoms with Crippen molar-refractivity contribution in [2.75, 3.05) is 32.8 Å². The normalized spacial score (nSPS) is 18.7. The Morgan fingerprint density at radius 2 is 1.90 bits per heavy atom. The Balaban J connectivity index is 1.33. The third-order valence-corrected chi connectivity index (χ3v) is 8.52. The maximum Gasteiger partial charge on any atom is 0.254 e. The van der Waals surface area contributed by atoms with Gasteiger partial charge in [-0.05, 0) is 84.2 Å². The van der Waals surface area contributed by atoms with Gasteiger partial charge in [0.05, 0.1) is 12.1 Å². The summed E-state index contributed by atoms with van der Waals surface area (Å²) in [6.07, 6.45) is 2.44. The molecule has 2 aromatic carbocycles. The fourth-order valence-corrected chi connectivity index (χ4v) is 6.21. The van der Waals surface area contributed by atoms with Crippen LogP contribution in [0, 0.1) is 5.82 Å². The molecule has 6 nitrogen and oxygen atoms in total.